The molecular formula is C21H18O9. The number of ether oxygens (including phenoxy) is 4. The van der Waals surface area contributed by atoms with Gasteiger partial charge in [0.2, 0.25) is 0 Å². The van der Waals surface area contributed by atoms with Crippen LogP contribution in [0.5, 0.6) is 0 Å². The summed E-state index contributed by atoms with van der Waals surface area (Å²) in [4.78, 5) is 62.2. The number of carbonyl (C=O) groups excluding carboxylic acids is 5. The third-order valence-electron chi connectivity index (χ3n) is 4.21. The van der Waals surface area contributed by atoms with Gasteiger partial charge >= 0.3 is 23.9 Å². The normalized spacial score (nSPS) is 10.0. The molecule has 0 saturated carbocycles. The van der Waals surface area contributed by atoms with Gasteiger partial charge in [-0.25, -0.2) is 19.2 Å². The van der Waals surface area contributed by atoms with Crippen LogP contribution in [0.4, 0.5) is 0 Å². The van der Waals surface area contributed by atoms with Crippen molar-refractivity contribution in [3.63, 3.8) is 0 Å². The van der Waals surface area contributed by atoms with Crippen LogP contribution in [0.1, 0.15) is 57.4 Å². The molecule has 9 heteroatoms. The van der Waals surface area contributed by atoms with Gasteiger partial charge in [-0.3, -0.25) is 4.79 Å². The Morgan fingerprint density at radius 1 is 0.500 bits per heavy atom. The quantitative estimate of drug-likeness (QED) is 0.397. The van der Waals surface area contributed by atoms with Gasteiger partial charge < -0.3 is 18.9 Å². The fourth-order valence-electron chi connectivity index (χ4n) is 2.83. The molecule has 0 fully saturated rings. The maximum Gasteiger partial charge on any atom is 0.339 e. The Morgan fingerprint density at radius 3 is 1.10 bits per heavy atom. The number of rotatable bonds is 6. The number of benzene rings is 2. The molecule has 0 aliphatic heterocycles. The fraction of sp³-hybridized carbons (Fsp3) is 0.190. The molecule has 2 aromatic rings. The monoisotopic (exact) mass is 414 g/mol. The Labute approximate surface area is 171 Å². The van der Waals surface area contributed by atoms with Crippen molar-refractivity contribution in [2.24, 2.45) is 0 Å². The first-order chi connectivity index (χ1) is 14.3. The Bertz CT molecular complexity index is 955. The summed E-state index contributed by atoms with van der Waals surface area (Å²) >= 11 is 0. The average Bonchev–Trinajstić information content (AvgIpc) is 2.80. The number of methoxy groups -OCH3 is 4. The summed E-state index contributed by atoms with van der Waals surface area (Å²) < 4.78 is 18.8. The van der Waals surface area contributed by atoms with E-state index in [0.29, 0.717) is 0 Å². The summed E-state index contributed by atoms with van der Waals surface area (Å²) in [5, 5.41) is 0. The van der Waals surface area contributed by atoms with Crippen LogP contribution in [0.3, 0.4) is 0 Å². The van der Waals surface area contributed by atoms with Gasteiger partial charge in [0.25, 0.3) is 0 Å². The molecule has 0 amide bonds. The molecule has 0 bridgehead atoms. The number of ketones is 1. The van der Waals surface area contributed by atoms with E-state index >= 15 is 0 Å². The lowest BCUT2D eigenvalue weighted by Crippen LogP contribution is -2.21. The van der Waals surface area contributed by atoms with Gasteiger partial charge in [-0.15, -0.1) is 0 Å². The zero-order valence-electron chi connectivity index (χ0n) is 16.6. The lowest BCUT2D eigenvalue weighted by molar-refractivity contribution is 0.0551. The summed E-state index contributed by atoms with van der Waals surface area (Å²) in [6.45, 7) is 0. The maximum atomic E-state index is 13.3. The second-order valence-corrected chi connectivity index (χ2v) is 5.75. The first-order valence-corrected chi connectivity index (χ1v) is 8.46. The largest absolute Gasteiger partial charge is 0.465 e. The van der Waals surface area contributed by atoms with Crippen LogP contribution in [-0.4, -0.2) is 58.1 Å². The molecule has 0 saturated heterocycles. The molecule has 0 aromatic heterocycles. The van der Waals surface area contributed by atoms with Crippen LogP contribution >= 0.6 is 0 Å². The Balaban J connectivity index is 2.81. The summed E-state index contributed by atoms with van der Waals surface area (Å²) in [5.41, 5.74) is -1.51. The summed E-state index contributed by atoms with van der Waals surface area (Å²) in [5.74, 6) is -4.44. The molecule has 30 heavy (non-hydrogen) atoms. The van der Waals surface area contributed by atoms with Crippen LogP contribution < -0.4 is 0 Å². The minimum absolute atomic E-state index is 0.195. The number of hydrogen-bond donors (Lipinski definition) is 0. The van der Waals surface area contributed by atoms with Crippen LogP contribution in [0.25, 0.3) is 0 Å². The summed E-state index contributed by atoms with van der Waals surface area (Å²) in [6.07, 6.45) is 0. The number of carbonyl (C=O) groups is 5. The van der Waals surface area contributed by atoms with Gasteiger partial charge in [-0.1, -0.05) is 24.3 Å². The first kappa shape index (κ1) is 22.3. The Hall–Kier alpha value is -4.01. The van der Waals surface area contributed by atoms with Crippen molar-refractivity contribution in [3.05, 3.63) is 69.8 Å². The molecule has 2 rings (SSSR count). The summed E-state index contributed by atoms with van der Waals surface area (Å²) in [7, 11) is 4.41. The van der Waals surface area contributed by atoms with Gasteiger partial charge in [0.05, 0.1) is 50.7 Å². The van der Waals surface area contributed by atoms with E-state index in [9.17, 15) is 24.0 Å². The van der Waals surface area contributed by atoms with E-state index < -0.39 is 29.7 Å². The molecule has 0 aliphatic rings. The third-order valence-corrected chi connectivity index (χ3v) is 4.21. The van der Waals surface area contributed by atoms with Crippen molar-refractivity contribution in [1.29, 1.82) is 0 Å². The number of hydrogen-bond acceptors (Lipinski definition) is 9. The predicted molar refractivity (Wildman–Crippen MR) is 102 cm³/mol. The molecule has 0 heterocycles. The molecule has 0 unspecified atom stereocenters. The van der Waals surface area contributed by atoms with E-state index in [1.54, 1.807) is 0 Å². The molecule has 9 nitrogen and oxygen atoms in total. The first-order valence-electron chi connectivity index (χ1n) is 8.46. The van der Waals surface area contributed by atoms with Crippen molar-refractivity contribution in [2.45, 2.75) is 0 Å². The molecule has 156 valence electrons. The Morgan fingerprint density at radius 2 is 0.800 bits per heavy atom. The molecule has 0 atom stereocenters. The lowest BCUT2D eigenvalue weighted by Gasteiger charge is -2.14. The maximum absolute atomic E-state index is 13.3. The van der Waals surface area contributed by atoms with E-state index in [-0.39, 0.29) is 33.4 Å². The SMILES string of the molecule is COC(=O)c1cccc(C(=O)c2cccc(C(=O)OC)c2C(=O)OC)c1C(=O)OC. The van der Waals surface area contributed by atoms with Gasteiger partial charge in [0.15, 0.2) is 5.78 Å². The third kappa shape index (κ3) is 4.04. The molecule has 2 aromatic carbocycles. The van der Waals surface area contributed by atoms with E-state index in [1.165, 1.54) is 36.4 Å². The van der Waals surface area contributed by atoms with Crippen molar-refractivity contribution < 1.29 is 42.9 Å². The zero-order valence-corrected chi connectivity index (χ0v) is 16.6. The molecule has 0 radical (unpaired) electrons. The molecular weight excluding hydrogens is 396 g/mol. The van der Waals surface area contributed by atoms with Gasteiger partial charge in [0, 0.05) is 11.1 Å². The second kappa shape index (κ2) is 9.46. The van der Waals surface area contributed by atoms with E-state index in [0.717, 1.165) is 28.4 Å². The standard InChI is InChI=1S/C21H18O9/c1-27-18(23)13-9-5-7-11(15(13)20(25)29-3)17(22)12-8-6-10-14(19(24)28-2)16(12)21(26)30-4/h5-10H,1-4H3. The highest BCUT2D eigenvalue weighted by molar-refractivity contribution is 6.21. The molecule has 0 spiro atoms. The van der Waals surface area contributed by atoms with Gasteiger partial charge in [-0.2, -0.15) is 0 Å². The van der Waals surface area contributed by atoms with E-state index in [2.05, 4.69) is 9.47 Å². The lowest BCUT2D eigenvalue weighted by atomic mass is 9.90. The average molecular weight is 414 g/mol. The van der Waals surface area contributed by atoms with E-state index in [4.69, 9.17) is 9.47 Å². The summed E-state index contributed by atoms with van der Waals surface area (Å²) in [6, 6.07) is 7.89. The predicted octanol–water partition coefficient (Wildman–Crippen LogP) is 2.06. The molecule has 0 N–H and O–H groups in total. The van der Waals surface area contributed by atoms with Crippen molar-refractivity contribution in [2.75, 3.05) is 28.4 Å². The fourth-order valence-corrected chi connectivity index (χ4v) is 2.83. The van der Waals surface area contributed by atoms with Crippen LogP contribution in [0.2, 0.25) is 0 Å². The number of esters is 4. The van der Waals surface area contributed by atoms with Crippen molar-refractivity contribution >= 4 is 29.7 Å². The van der Waals surface area contributed by atoms with Crippen molar-refractivity contribution in [3.8, 4) is 0 Å². The highest BCUT2D eigenvalue weighted by atomic mass is 16.5. The zero-order chi connectivity index (χ0) is 22.4. The van der Waals surface area contributed by atoms with Gasteiger partial charge in [-0.05, 0) is 12.1 Å². The molecule has 0 aliphatic carbocycles. The van der Waals surface area contributed by atoms with Crippen LogP contribution in [0.15, 0.2) is 36.4 Å². The van der Waals surface area contributed by atoms with Crippen LogP contribution in [0, 0.1) is 0 Å². The highest BCUT2D eigenvalue weighted by Gasteiger charge is 2.30. The van der Waals surface area contributed by atoms with E-state index in [1.807, 2.05) is 0 Å². The highest BCUT2D eigenvalue weighted by Crippen LogP contribution is 2.25. The van der Waals surface area contributed by atoms with Gasteiger partial charge in [0.1, 0.15) is 0 Å². The Kier molecular flexibility index (Phi) is 7.03. The van der Waals surface area contributed by atoms with Crippen LogP contribution in [-0.2, 0) is 18.9 Å². The smallest absolute Gasteiger partial charge is 0.339 e. The van der Waals surface area contributed by atoms with Crippen molar-refractivity contribution in [1.82, 2.24) is 0 Å². The topological polar surface area (TPSA) is 122 Å². The minimum Gasteiger partial charge on any atom is -0.465 e. The minimum atomic E-state index is -0.955. The second-order valence-electron chi connectivity index (χ2n) is 5.75.